The van der Waals surface area contributed by atoms with Gasteiger partial charge in [-0.1, -0.05) is 34.8 Å². The molecule has 3 aromatic rings. The van der Waals surface area contributed by atoms with Gasteiger partial charge in [-0.15, -0.1) is 11.3 Å². The van der Waals surface area contributed by atoms with Gasteiger partial charge in [0.25, 0.3) is 0 Å². The minimum absolute atomic E-state index is 0.125. The number of thiazole rings is 1. The van der Waals surface area contributed by atoms with Crippen molar-refractivity contribution in [3.05, 3.63) is 67.6 Å². The van der Waals surface area contributed by atoms with Gasteiger partial charge in [-0.3, -0.25) is 10.2 Å². The summed E-state index contributed by atoms with van der Waals surface area (Å²) in [6.45, 7) is 2.30. The maximum Gasteiger partial charge on any atom is 0.311 e. The van der Waals surface area contributed by atoms with Gasteiger partial charge < -0.3 is 14.2 Å². The van der Waals surface area contributed by atoms with Crippen molar-refractivity contribution >= 4 is 63.5 Å². The zero-order valence-corrected chi connectivity index (χ0v) is 20.8. The Bertz CT molecular complexity index is 1150. The van der Waals surface area contributed by atoms with Crippen LogP contribution in [0.15, 0.2) is 40.8 Å². The smallest absolute Gasteiger partial charge is 0.311 e. The maximum atomic E-state index is 11.6. The monoisotopic (exact) mass is 527 g/mol. The van der Waals surface area contributed by atoms with Crippen LogP contribution in [-0.2, 0) is 22.6 Å². The largest absolute Gasteiger partial charge is 0.496 e. The Hall–Kier alpha value is -2.52. The average Bonchev–Trinajstić information content (AvgIpc) is 3.22. The number of anilines is 1. The number of hydrogen-bond donors (Lipinski definition) is 1. The second-order valence-corrected chi connectivity index (χ2v) is 8.63. The van der Waals surface area contributed by atoms with Crippen molar-refractivity contribution in [3.63, 3.8) is 0 Å². The van der Waals surface area contributed by atoms with Crippen LogP contribution in [0.4, 0.5) is 5.13 Å². The first-order chi connectivity index (χ1) is 15.9. The summed E-state index contributed by atoms with van der Waals surface area (Å²) >= 11 is 19.5. The Labute approximate surface area is 210 Å². The number of halogens is 3. The quantitative estimate of drug-likeness (QED) is 0.145. The molecule has 2 aromatic carbocycles. The third-order valence-corrected chi connectivity index (χ3v) is 6.03. The maximum absolute atomic E-state index is 11.6. The minimum atomic E-state index is -0.312. The van der Waals surface area contributed by atoms with Crippen LogP contribution in [0.2, 0.25) is 15.1 Å². The van der Waals surface area contributed by atoms with E-state index in [2.05, 4.69) is 15.5 Å². The summed E-state index contributed by atoms with van der Waals surface area (Å²) in [5, 5.41) is 7.62. The lowest BCUT2D eigenvalue weighted by atomic mass is 10.1. The number of benzene rings is 2. The zero-order valence-electron chi connectivity index (χ0n) is 17.7. The Balaban J connectivity index is 1.64. The molecule has 0 amide bonds. The first kappa shape index (κ1) is 25.1. The summed E-state index contributed by atoms with van der Waals surface area (Å²) in [5.74, 6) is 0.754. The molecule has 7 nitrogen and oxygen atoms in total. The van der Waals surface area contributed by atoms with Crippen molar-refractivity contribution in [3.8, 4) is 11.5 Å². The molecular formula is C22H20Cl3N3O4S. The van der Waals surface area contributed by atoms with Crippen LogP contribution < -0.4 is 14.9 Å². The van der Waals surface area contributed by atoms with Crippen LogP contribution in [0.5, 0.6) is 11.5 Å². The molecule has 1 N–H and O–H groups in total. The van der Waals surface area contributed by atoms with E-state index in [0.717, 1.165) is 11.1 Å². The molecule has 11 heteroatoms. The van der Waals surface area contributed by atoms with Crippen LogP contribution in [0.3, 0.4) is 0 Å². The summed E-state index contributed by atoms with van der Waals surface area (Å²) in [6, 6.07) is 8.65. The van der Waals surface area contributed by atoms with Crippen LogP contribution >= 0.6 is 46.1 Å². The van der Waals surface area contributed by atoms with Crippen molar-refractivity contribution < 1.29 is 19.0 Å². The van der Waals surface area contributed by atoms with Gasteiger partial charge in [0.05, 0.1) is 47.1 Å². The van der Waals surface area contributed by atoms with Crippen LogP contribution in [-0.4, -0.2) is 30.9 Å². The normalized spacial score (nSPS) is 10.9. The predicted molar refractivity (Wildman–Crippen MR) is 132 cm³/mol. The van der Waals surface area contributed by atoms with Crippen molar-refractivity contribution in [1.29, 1.82) is 0 Å². The topological polar surface area (TPSA) is 82.0 Å². The molecular weight excluding hydrogens is 509 g/mol. The molecule has 0 saturated heterocycles. The number of rotatable bonds is 10. The number of ether oxygens (including phenoxy) is 3. The summed E-state index contributed by atoms with van der Waals surface area (Å²) in [4.78, 5) is 15.9. The van der Waals surface area contributed by atoms with E-state index in [1.165, 1.54) is 17.4 Å². The lowest BCUT2D eigenvalue weighted by molar-refractivity contribution is -0.142. The number of carbonyl (C=O) groups is 1. The Morgan fingerprint density at radius 2 is 1.94 bits per heavy atom. The molecule has 0 fully saturated rings. The number of aromatic nitrogens is 1. The van der Waals surface area contributed by atoms with Gasteiger partial charge in [-0.05, 0) is 36.8 Å². The second-order valence-electron chi connectivity index (χ2n) is 6.55. The van der Waals surface area contributed by atoms with E-state index in [1.54, 1.807) is 31.7 Å². The predicted octanol–water partition coefficient (Wildman–Crippen LogP) is 6.24. The lowest BCUT2D eigenvalue weighted by Gasteiger charge is -2.12. The lowest BCUT2D eigenvalue weighted by Crippen LogP contribution is -2.07. The third kappa shape index (κ3) is 7.23. The third-order valence-electron chi connectivity index (χ3n) is 4.22. The molecule has 33 heavy (non-hydrogen) atoms. The van der Waals surface area contributed by atoms with Gasteiger partial charge in [0.1, 0.15) is 18.1 Å². The van der Waals surface area contributed by atoms with Crippen molar-refractivity contribution in [2.75, 3.05) is 19.1 Å². The molecule has 0 aliphatic rings. The fourth-order valence-electron chi connectivity index (χ4n) is 2.72. The molecule has 0 atom stereocenters. The van der Waals surface area contributed by atoms with Crippen LogP contribution in [0, 0.1) is 0 Å². The Kier molecular flexibility index (Phi) is 9.20. The highest BCUT2D eigenvalue weighted by Gasteiger charge is 2.11. The fraction of sp³-hybridized carbons (Fsp3) is 0.227. The van der Waals surface area contributed by atoms with Crippen molar-refractivity contribution in [2.24, 2.45) is 5.10 Å². The molecule has 3 rings (SSSR count). The van der Waals surface area contributed by atoms with E-state index in [4.69, 9.17) is 49.0 Å². The van der Waals surface area contributed by atoms with Crippen molar-refractivity contribution in [1.82, 2.24) is 4.98 Å². The number of hydrazone groups is 1. The first-order valence-corrected chi connectivity index (χ1v) is 11.7. The molecule has 1 aromatic heterocycles. The Morgan fingerprint density at radius 3 is 2.70 bits per heavy atom. The average molecular weight is 529 g/mol. The molecule has 0 unspecified atom stereocenters. The van der Waals surface area contributed by atoms with E-state index in [9.17, 15) is 4.79 Å². The minimum Gasteiger partial charge on any atom is -0.496 e. The van der Waals surface area contributed by atoms with Crippen LogP contribution in [0.1, 0.15) is 23.7 Å². The molecule has 0 aliphatic carbocycles. The molecule has 174 valence electrons. The summed E-state index contributed by atoms with van der Waals surface area (Å²) in [5.41, 5.74) is 5.08. The molecule has 0 spiro atoms. The highest BCUT2D eigenvalue weighted by atomic mass is 35.5. The van der Waals surface area contributed by atoms with E-state index in [0.29, 0.717) is 44.0 Å². The zero-order chi connectivity index (χ0) is 23.8. The van der Waals surface area contributed by atoms with Gasteiger partial charge in [0.15, 0.2) is 0 Å². The van der Waals surface area contributed by atoms with E-state index >= 15 is 0 Å². The summed E-state index contributed by atoms with van der Waals surface area (Å²) in [7, 11) is 1.58. The van der Waals surface area contributed by atoms with E-state index < -0.39 is 0 Å². The van der Waals surface area contributed by atoms with Gasteiger partial charge in [0.2, 0.25) is 5.13 Å². The first-order valence-electron chi connectivity index (χ1n) is 9.73. The molecule has 1 heterocycles. The standard InChI is InChI=1S/C22H20Cl3N3O4S/c1-3-31-21(29)7-15-12-33-22(27-15)28-26-10-13-4-5-19(30-2)14(6-13)11-32-20-9-17(24)16(23)8-18(20)25/h4-6,8-10,12H,3,7,11H2,1-2H3,(H,27,28). The highest BCUT2D eigenvalue weighted by molar-refractivity contribution is 7.13. The fourth-order valence-corrected chi connectivity index (χ4v) is 3.97. The second kappa shape index (κ2) is 12.1. The van der Waals surface area contributed by atoms with Gasteiger partial charge in [0, 0.05) is 17.0 Å². The summed E-state index contributed by atoms with van der Waals surface area (Å²) in [6.07, 6.45) is 1.77. The van der Waals surface area contributed by atoms with E-state index in [1.807, 2.05) is 18.2 Å². The van der Waals surface area contributed by atoms with Crippen LogP contribution in [0.25, 0.3) is 0 Å². The van der Waals surface area contributed by atoms with E-state index in [-0.39, 0.29) is 19.0 Å². The van der Waals surface area contributed by atoms with Crippen molar-refractivity contribution in [2.45, 2.75) is 20.0 Å². The number of methoxy groups -OCH3 is 1. The SMILES string of the molecule is CCOC(=O)Cc1csc(NN=Cc2ccc(OC)c(COc3cc(Cl)c(Cl)cc3Cl)c2)n1. The summed E-state index contributed by atoms with van der Waals surface area (Å²) < 4.78 is 16.2. The molecule has 0 saturated carbocycles. The number of hydrogen-bond acceptors (Lipinski definition) is 8. The number of carbonyl (C=O) groups excluding carboxylic acids is 1. The molecule has 0 aliphatic heterocycles. The number of nitrogens with zero attached hydrogens (tertiary/aromatic N) is 2. The van der Waals surface area contributed by atoms with Gasteiger partial charge in [-0.25, -0.2) is 4.98 Å². The van der Waals surface area contributed by atoms with Gasteiger partial charge in [-0.2, -0.15) is 5.10 Å². The number of esters is 1. The number of nitrogens with one attached hydrogen (secondary N) is 1. The van der Waals surface area contributed by atoms with Gasteiger partial charge >= 0.3 is 5.97 Å². The highest BCUT2D eigenvalue weighted by Crippen LogP contribution is 2.34. The Morgan fingerprint density at radius 1 is 1.15 bits per heavy atom. The molecule has 0 bridgehead atoms. The molecule has 0 radical (unpaired) electrons.